The summed E-state index contributed by atoms with van der Waals surface area (Å²) in [5, 5.41) is 0. The van der Waals surface area contributed by atoms with Gasteiger partial charge in [-0.15, -0.1) is 0 Å². The van der Waals surface area contributed by atoms with Gasteiger partial charge in [-0.25, -0.2) is 0 Å². The Kier molecular flexibility index (Phi) is 5.97. The molecule has 0 saturated heterocycles. The van der Waals surface area contributed by atoms with Crippen molar-refractivity contribution in [1.29, 1.82) is 0 Å². The van der Waals surface area contributed by atoms with Crippen molar-refractivity contribution in [2.45, 2.75) is 46.5 Å². The van der Waals surface area contributed by atoms with Gasteiger partial charge in [0, 0.05) is 18.9 Å². The van der Waals surface area contributed by atoms with Gasteiger partial charge < -0.3 is 4.74 Å². The minimum Gasteiger partial charge on any atom is -0.384 e. The molecule has 0 aromatic carbocycles. The smallest absolute Gasteiger partial charge is 0.140 e. The molecule has 0 aromatic rings. The number of carbonyl (C=O) groups excluding carboxylic acids is 1. The van der Waals surface area contributed by atoms with Gasteiger partial charge in [-0.3, -0.25) is 4.79 Å². The van der Waals surface area contributed by atoms with Crippen molar-refractivity contribution < 1.29 is 9.53 Å². The third kappa shape index (κ3) is 5.04. The highest BCUT2D eigenvalue weighted by atomic mass is 16.5. The van der Waals surface area contributed by atoms with E-state index in [4.69, 9.17) is 4.74 Å². The highest BCUT2D eigenvalue weighted by Crippen LogP contribution is 2.20. The first-order valence-corrected chi connectivity index (χ1v) is 5.07. The van der Waals surface area contributed by atoms with Crippen LogP contribution in [0.2, 0.25) is 0 Å². The molecule has 0 saturated carbocycles. The van der Waals surface area contributed by atoms with Gasteiger partial charge in [0.1, 0.15) is 5.78 Å². The molecule has 0 unspecified atom stereocenters. The molecule has 0 radical (unpaired) electrons. The molecule has 0 atom stereocenters. The summed E-state index contributed by atoms with van der Waals surface area (Å²) in [7, 11) is 1.64. The molecule has 0 aromatic heterocycles. The molecule has 0 aliphatic heterocycles. The standard InChI is InChI=1S/C11H22O2/c1-5-6-7-8-10(12)11(2,3)9-13-4/h5-9H2,1-4H3. The average Bonchev–Trinajstić information content (AvgIpc) is 2.04. The monoisotopic (exact) mass is 186 g/mol. The van der Waals surface area contributed by atoms with Crippen LogP contribution in [-0.2, 0) is 9.53 Å². The first-order chi connectivity index (χ1) is 6.04. The lowest BCUT2D eigenvalue weighted by Crippen LogP contribution is -2.29. The molecule has 0 amide bonds. The van der Waals surface area contributed by atoms with Crippen LogP contribution in [0.5, 0.6) is 0 Å². The van der Waals surface area contributed by atoms with E-state index in [1.165, 1.54) is 0 Å². The quantitative estimate of drug-likeness (QED) is 0.571. The van der Waals surface area contributed by atoms with Gasteiger partial charge in [0.2, 0.25) is 0 Å². The molecule has 78 valence electrons. The molecule has 0 aliphatic rings. The highest BCUT2D eigenvalue weighted by molar-refractivity contribution is 5.84. The van der Waals surface area contributed by atoms with E-state index in [-0.39, 0.29) is 5.41 Å². The van der Waals surface area contributed by atoms with Crippen LogP contribution in [0.1, 0.15) is 46.5 Å². The third-order valence-electron chi connectivity index (χ3n) is 2.27. The van der Waals surface area contributed by atoms with E-state index < -0.39 is 0 Å². The molecular formula is C11H22O2. The Morgan fingerprint density at radius 3 is 2.38 bits per heavy atom. The zero-order valence-corrected chi connectivity index (χ0v) is 9.35. The van der Waals surface area contributed by atoms with Crippen molar-refractivity contribution in [3.05, 3.63) is 0 Å². The third-order valence-corrected chi connectivity index (χ3v) is 2.27. The van der Waals surface area contributed by atoms with E-state index in [9.17, 15) is 4.79 Å². The fourth-order valence-electron chi connectivity index (χ4n) is 1.32. The zero-order chi connectivity index (χ0) is 10.3. The molecule has 13 heavy (non-hydrogen) atoms. The molecule has 0 fully saturated rings. The van der Waals surface area contributed by atoms with Crippen LogP contribution < -0.4 is 0 Å². The van der Waals surface area contributed by atoms with Gasteiger partial charge in [-0.1, -0.05) is 33.6 Å². The SMILES string of the molecule is CCCCCC(=O)C(C)(C)COC. The zero-order valence-electron chi connectivity index (χ0n) is 9.35. The summed E-state index contributed by atoms with van der Waals surface area (Å²) in [6.45, 7) is 6.57. The lowest BCUT2D eigenvalue weighted by molar-refractivity contribution is -0.129. The largest absolute Gasteiger partial charge is 0.384 e. The molecule has 2 heteroatoms. The Balaban J connectivity index is 3.80. The van der Waals surface area contributed by atoms with Crippen LogP contribution in [0.15, 0.2) is 0 Å². The minimum absolute atomic E-state index is 0.303. The number of ether oxygens (including phenoxy) is 1. The fraction of sp³-hybridized carbons (Fsp3) is 0.909. The highest BCUT2D eigenvalue weighted by Gasteiger charge is 2.26. The van der Waals surface area contributed by atoms with Gasteiger partial charge in [-0.05, 0) is 6.42 Å². The van der Waals surface area contributed by atoms with Crippen LogP contribution in [0.25, 0.3) is 0 Å². The summed E-state index contributed by atoms with van der Waals surface area (Å²) in [6, 6.07) is 0. The molecule has 0 aliphatic carbocycles. The van der Waals surface area contributed by atoms with Gasteiger partial charge in [0.05, 0.1) is 6.61 Å². The number of hydrogen-bond donors (Lipinski definition) is 0. The maximum atomic E-state index is 11.6. The number of ketones is 1. The maximum Gasteiger partial charge on any atom is 0.140 e. The van der Waals surface area contributed by atoms with Crippen LogP contribution in [0.4, 0.5) is 0 Å². The van der Waals surface area contributed by atoms with Gasteiger partial charge in [0.15, 0.2) is 0 Å². The van der Waals surface area contributed by atoms with Gasteiger partial charge >= 0.3 is 0 Å². The lowest BCUT2D eigenvalue weighted by atomic mass is 9.86. The molecule has 0 N–H and O–H groups in total. The Morgan fingerprint density at radius 2 is 1.92 bits per heavy atom. The summed E-state index contributed by atoms with van der Waals surface area (Å²) in [5.41, 5.74) is -0.303. The number of methoxy groups -OCH3 is 1. The van der Waals surface area contributed by atoms with Crippen LogP contribution in [0, 0.1) is 5.41 Å². The number of Topliss-reactive ketones (excluding diaryl/α,β-unsaturated/α-hetero) is 1. The Hall–Kier alpha value is -0.370. The van der Waals surface area contributed by atoms with E-state index in [2.05, 4.69) is 6.92 Å². The molecule has 0 spiro atoms. The first kappa shape index (κ1) is 12.6. The van der Waals surface area contributed by atoms with E-state index >= 15 is 0 Å². The predicted molar refractivity (Wildman–Crippen MR) is 54.8 cm³/mol. The summed E-state index contributed by atoms with van der Waals surface area (Å²) >= 11 is 0. The second-order valence-electron chi connectivity index (χ2n) is 4.20. The van der Waals surface area contributed by atoms with Crippen molar-refractivity contribution in [2.24, 2.45) is 5.41 Å². The molecular weight excluding hydrogens is 164 g/mol. The van der Waals surface area contributed by atoms with Gasteiger partial charge in [-0.2, -0.15) is 0 Å². The van der Waals surface area contributed by atoms with Crippen LogP contribution in [0.3, 0.4) is 0 Å². The van der Waals surface area contributed by atoms with Crippen molar-refractivity contribution >= 4 is 5.78 Å². The summed E-state index contributed by atoms with van der Waals surface area (Å²) in [4.78, 5) is 11.6. The first-order valence-electron chi connectivity index (χ1n) is 5.07. The van der Waals surface area contributed by atoms with Gasteiger partial charge in [0.25, 0.3) is 0 Å². The van der Waals surface area contributed by atoms with Crippen molar-refractivity contribution in [3.8, 4) is 0 Å². The minimum atomic E-state index is -0.303. The lowest BCUT2D eigenvalue weighted by Gasteiger charge is -2.21. The van der Waals surface area contributed by atoms with Crippen LogP contribution >= 0.6 is 0 Å². The predicted octanol–water partition coefficient (Wildman–Crippen LogP) is 2.81. The summed E-state index contributed by atoms with van der Waals surface area (Å²) < 4.78 is 5.01. The topological polar surface area (TPSA) is 26.3 Å². The van der Waals surface area contributed by atoms with E-state index in [0.29, 0.717) is 18.8 Å². The van der Waals surface area contributed by atoms with Crippen LogP contribution in [-0.4, -0.2) is 19.5 Å². The van der Waals surface area contributed by atoms with E-state index in [1.807, 2.05) is 13.8 Å². The number of hydrogen-bond acceptors (Lipinski definition) is 2. The molecule has 2 nitrogen and oxygen atoms in total. The number of unbranched alkanes of at least 4 members (excludes halogenated alkanes) is 2. The Bertz CT molecular complexity index is 150. The molecule has 0 heterocycles. The molecule has 0 bridgehead atoms. The fourth-order valence-corrected chi connectivity index (χ4v) is 1.32. The Morgan fingerprint density at radius 1 is 1.31 bits per heavy atom. The second kappa shape index (κ2) is 6.14. The van der Waals surface area contributed by atoms with Crippen molar-refractivity contribution in [1.82, 2.24) is 0 Å². The number of carbonyl (C=O) groups is 1. The normalized spacial score (nSPS) is 11.7. The average molecular weight is 186 g/mol. The summed E-state index contributed by atoms with van der Waals surface area (Å²) in [6.07, 6.45) is 4.03. The maximum absolute atomic E-state index is 11.6. The molecule has 0 rings (SSSR count). The number of rotatable bonds is 7. The van der Waals surface area contributed by atoms with E-state index in [1.54, 1.807) is 7.11 Å². The van der Waals surface area contributed by atoms with E-state index in [0.717, 1.165) is 19.3 Å². The Labute approximate surface area is 81.7 Å². The van der Waals surface area contributed by atoms with Crippen molar-refractivity contribution in [3.63, 3.8) is 0 Å². The summed E-state index contributed by atoms with van der Waals surface area (Å²) in [5.74, 6) is 0.322. The second-order valence-corrected chi connectivity index (χ2v) is 4.20. The van der Waals surface area contributed by atoms with Crippen molar-refractivity contribution in [2.75, 3.05) is 13.7 Å².